The molecule has 96 valence electrons. The van der Waals surface area contributed by atoms with E-state index in [9.17, 15) is 5.26 Å². The highest BCUT2D eigenvalue weighted by atomic mass is 15.1. The van der Waals surface area contributed by atoms with Crippen molar-refractivity contribution < 1.29 is 0 Å². The fourth-order valence-electron chi connectivity index (χ4n) is 2.20. The van der Waals surface area contributed by atoms with Crippen LogP contribution in [0.5, 0.6) is 0 Å². The van der Waals surface area contributed by atoms with E-state index >= 15 is 0 Å². The lowest BCUT2D eigenvalue weighted by Gasteiger charge is -2.25. The molecule has 0 aromatic heterocycles. The van der Waals surface area contributed by atoms with Gasteiger partial charge < -0.3 is 10.6 Å². The van der Waals surface area contributed by atoms with Crippen LogP contribution in [0.3, 0.4) is 0 Å². The number of nitriles is 1. The summed E-state index contributed by atoms with van der Waals surface area (Å²) in [4.78, 5) is 2.29. The van der Waals surface area contributed by atoms with E-state index in [2.05, 4.69) is 18.0 Å². The third-order valence-electron chi connectivity index (χ3n) is 3.64. The zero-order valence-electron chi connectivity index (χ0n) is 11.0. The van der Waals surface area contributed by atoms with Crippen molar-refractivity contribution in [2.24, 2.45) is 11.7 Å². The van der Waals surface area contributed by atoms with Crippen LogP contribution >= 0.6 is 0 Å². The summed E-state index contributed by atoms with van der Waals surface area (Å²) >= 11 is 0. The molecule has 2 rings (SSSR count). The molecule has 0 spiro atoms. The highest BCUT2D eigenvalue weighted by Gasteiger charge is 2.28. The number of nitrogens with zero attached hydrogens (tertiary/aromatic N) is 2. The molecule has 2 N–H and O–H groups in total. The summed E-state index contributed by atoms with van der Waals surface area (Å²) in [5.41, 5.74) is 6.27. The van der Waals surface area contributed by atoms with Gasteiger partial charge in [0.05, 0.1) is 6.07 Å². The van der Waals surface area contributed by atoms with Gasteiger partial charge in [-0.3, -0.25) is 0 Å². The van der Waals surface area contributed by atoms with Gasteiger partial charge in [-0.25, -0.2) is 0 Å². The minimum atomic E-state index is -0.862. The average Bonchev–Trinajstić information content (AvgIpc) is 3.21. The van der Waals surface area contributed by atoms with E-state index < -0.39 is 5.54 Å². The lowest BCUT2D eigenvalue weighted by atomic mass is 9.89. The van der Waals surface area contributed by atoms with Crippen LogP contribution in [0.1, 0.15) is 24.8 Å². The van der Waals surface area contributed by atoms with Crippen LogP contribution in [-0.4, -0.2) is 25.0 Å². The third kappa shape index (κ3) is 3.32. The van der Waals surface area contributed by atoms with Gasteiger partial charge in [-0.2, -0.15) is 5.26 Å². The molecule has 18 heavy (non-hydrogen) atoms. The molecule has 0 aliphatic heterocycles. The second-order valence-electron chi connectivity index (χ2n) is 5.40. The van der Waals surface area contributed by atoms with Crippen LogP contribution in [0.4, 0.5) is 0 Å². The maximum absolute atomic E-state index is 9.35. The summed E-state index contributed by atoms with van der Waals surface area (Å²) in [6, 6.07) is 11.9. The molecule has 0 heterocycles. The van der Waals surface area contributed by atoms with E-state index in [1.54, 1.807) is 0 Å². The Morgan fingerprint density at radius 2 is 2.06 bits per heavy atom. The molecule has 1 aliphatic carbocycles. The summed E-state index contributed by atoms with van der Waals surface area (Å²) in [7, 11) is 2.11. The molecule has 1 aromatic carbocycles. The summed E-state index contributed by atoms with van der Waals surface area (Å²) < 4.78 is 0. The van der Waals surface area contributed by atoms with Gasteiger partial charge in [0.15, 0.2) is 0 Å². The lowest BCUT2D eigenvalue weighted by molar-refractivity contribution is 0.292. The fraction of sp³-hybridized carbons (Fsp3) is 0.533. The van der Waals surface area contributed by atoms with Crippen molar-refractivity contribution in [3.8, 4) is 6.07 Å². The maximum Gasteiger partial charge on any atom is 0.131 e. The van der Waals surface area contributed by atoms with E-state index in [1.807, 2.05) is 30.3 Å². The van der Waals surface area contributed by atoms with Gasteiger partial charge in [0.1, 0.15) is 5.54 Å². The Kier molecular flexibility index (Phi) is 4.00. The Morgan fingerprint density at radius 3 is 2.61 bits per heavy atom. The van der Waals surface area contributed by atoms with Gasteiger partial charge in [-0.05, 0) is 37.8 Å². The predicted octanol–water partition coefficient (Wildman–Crippen LogP) is 2.10. The second-order valence-corrected chi connectivity index (χ2v) is 5.40. The first-order chi connectivity index (χ1) is 8.64. The highest BCUT2D eigenvalue weighted by Crippen LogP contribution is 2.29. The first-order valence-corrected chi connectivity index (χ1v) is 6.58. The van der Waals surface area contributed by atoms with Gasteiger partial charge in [-0.1, -0.05) is 30.3 Å². The van der Waals surface area contributed by atoms with Crippen LogP contribution < -0.4 is 5.73 Å². The molecule has 0 bridgehead atoms. The van der Waals surface area contributed by atoms with Crippen molar-refractivity contribution in [3.63, 3.8) is 0 Å². The molecular weight excluding hydrogens is 222 g/mol. The van der Waals surface area contributed by atoms with E-state index in [0.29, 0.717) is 6.42 Å². The molecular formula is C15H21N3. The van der Waals surface area contributed by atoms with E-state index in [0.717, 1.165) is 24.6 Å². The third-order valence-corrected chi connectivity index (χ3v) is 3.64. The van der Waals surface area contributed by atoms with Crippen molar-refractivity contribution in [1.82, 2.24) is 4.90 Å². The molecule has 1 aliphatic rings. The van der Waals surface area contributed by atoms with Gasteiger partial charge in [0.2, 0.25) is 0 Å². The highest BCUT2D eigenvalue weighted by molar-refractivity contribution is 5.30. The van der Waals surface area contributed by atoms with Crippen LogP contribution in [0.2, 0.25) is 0 Å². The summed E-state index contributed by atoms with van der Waals surface area (Å²) in [5, 5.41) is 9.35. The quantitative estimate of drug-likeness (QED) is 0.832. The minimum Gasteiger partial charge on any atom is -0.310 e. The molecule has 1 fully saturated rings. The van der Waals surface area contributed by atoms with E-state index in [-0.39, 0.29) is 0 Å². The van der Waals surface area contributed by atoms with Gasteiger partial charge in [0, 0.05) is 13.1 Å². The monoisotopic (exact) mass is 243 g/mol. The van der Waals surface area contributed by atoms with Gasteiger partial charge >= 0.3 is 0 Å². The van der Waals surface area contributed by atoms with Crippen molar-refractivity contribution in [3.05, 3.63) is 35.9 Å². The molecule has 0 radical (unpaired) electrons. The summed E-state index contributed by atoms with van der Waals surface area (Å²) in [5.74, 6) is 0.876. The first kappa shape index (κ1) is 13.1. The zero-order valence-corrected chi connectivity index (χ0v) is 11.0. The molecule has 1 unspecified atom stereocenters. The van der Waals surface area contributed by atoms with Crippen molar-refractivity contribution in [1.29, 1.82) is 5.26 Å². The molecule has 3 heteroatoms. The Hall–Kier alpha value is -1.37. The van der Waals surface area contributed by atoms with Crippen LogP contribution in [0, 0.1) is 17.2 Å². The molecule has 1 saturated carbocycles. The fourth-order valence-corrected chi connectivity index (χ4v) is 2.20. The summed E-state index contributed by atoms with van der Waals surface area (Å²) in [6.45, 7) is 2.01. The zero-order chi connectivity index (χ0) is 13.0. The number of benzene rings is 1. The number of hydrogen-bond acceptors (Lipinski definition) is 3. The normalized spacial score (nSPS) is 18.3. The van der Waals surface area contributed by atoms with Crippen molar-refractivity contribution in [2.45, 2.75) is 24.8 Å². The van der Waals surface area contributed by atoms with E-state index in [4.69, 9.17) is 5.73 Å². The molecule has 1 atom stereocenters. The number of hydrogen-bond donors (Lipinski definition) is 1. The predicted molar refractivity (Wildman–Crippen MR) is 72.8 cm³/mol. The first-order valence-electron chi connectivity index (χ1n) is 6.58. The van der Waals surface area contributed by atoms with Crippen LogP contribution in [-0.2, 0) is 5.54 Å². The molecule has 3 nitrogen and oxygen atoms in total. The Labute approximate surface area is 109 Å². The Bertz CT molecular complexity index is 419. The smallest absolute Gasteiger partial charge is 0.131 e. The van der Waals surface area contributed by atoms with Crippen LogP contribution in [0.25, 0.3) is 0 Å². The number of nitrogens with two attached hydrogens (primary N) is 1. The molecule has 0 amide bonds. The Morgan fingerprint density at radius 1 is 1.39 bits per heavy atom. The van der Waals surface area contributed by atoms with Crippen LogP contribution in [0.15, 0.2) is 30.3 Å². The maximum atomic E-state index is 9.35. The molecule has 1 aromatic rings. The SMILES string of the molecule is CN(CCC(N)(C#N)c1ccccc1)CC1CC1. The van der Waals surface area contributed by atoms with Crippen molar-refractivity contribution in [2.75, 3.05) is 20.1 Å². The largest absolute Gasteiger partial charge is 0.310 e. The number of rotatable bonds is 6. The lowest BCUT2D eigenvalue weighted by Crippen LogP contribution is -2.39. The Balaban J connectivity index is 1.93. The van der Waals surface area contributed by atoms with Gasteiger partial charge in [0.25, 0.3) is 0 Å². The van der Waals surface area contributed by atoms with Crippen molar-refractivity contribution >= 4 is 0 Å². The van der Waals surface area contributed by atoms with E-state index in [1.165, 1.54) is 12.8 Å². The standard InChI is InChI=1S/C15H21N3/c1-18(11-13-7-8-13)10-9-15(17,12-16)14-5-3-2-4-6-14/h2-6,13H,7-11,17H2,1H3. The average molecular weight is 243 g/mol. The second kappa shape index (κ2) is 5.51. The van der Waals surface area contributed by atoms with Gasteiger partial charge in [-0.15, -0.1) is 0 Å². The minimum absolute atomic E-state index is 0.677. The summed E-state index contributed by atoms with van der Waals surface area (Å²) in [6.07, 6.45) is 3.39. The molecule has 0 saturated heterocycles. The topological polar surface area (TPSA) is 53.0 Å².